The van der Waals surface area contributed by atoms with Crippen LogP contribution in [0.25, 0.3) is 33.4 Å². The smallest absolute Gasteiger partial charge is 0.336 e. The number of ether oxygens (including phenoxy) is 3. The molecule has 0 spiro atoms. The molecule has 24 N–H and O–H groups in total. The molecule has 0 aromatic heterocycles. The van der Waals surface area contributed by atoms with E-state index in [4.69, 9.17) is 76.3 Å². The van der Waals surface area contributed by atoms with Crippen molar-refractivity contribution in [1.82, 2.24) is 21.4 Å². The highest BCUT2D eigenvalue weighted by molar-refractivity contribution is 6.84. The lowest BCUT2D eigenvalue weighted by Crippen LogP contribution is -2.44. The van der Waals surface area contributed by atoms with Crippen molar-refractivity contribution in [1.29, 1.82) is 0 Å². The first-order valence-corrected chi connectivity index (χ1v) is 58.1. The Labute approximate surface area is 847 Å². The van der Waals surface area contributed by atoms with E-state index in [1.54, 1.807) is 134 Å². The van der Waals surface area contributed by atoms with Gasteiger partial charge in [0.05, 0.1) is 71.5 Å². The SMILES string of the molecule is CC(C)C(=O)OCCNC(=O)Nc1cc(N)cc(N)c1.CCCC.CCCC[Si](C)(C)O[SiH2]CCCNC(=O)c1cc(-c2ccc(COO)c(COC)c2)ccc1C(=O)O.CNOCc1cc(-c2ccc(C(=O)O)c(C(=O)Nc3cc(NC)cc(NC(=O)NCCOC(=O)C(C)C)c3)c2)ccc1COO.C[Si](C)(CCCN)O[Si](C)(C)CCCN.O=C(O)c1ccc(-c2ccc(COO)c(COO)c2)cc1C(=O)O. The number of rotatable bonds is 52. The number of urea groups is 2. The highest BCUT2D eigenvalue weighted by atomic mass is 28.4. The van der Waals surface area contributed by atoms with Crippen LogP contribution in [-0.4, -0.2) is 203 Å². The van der Waals surface area contributed by atoms with Crippen molar-refractivity contribution in [3.05, 3.63) is 212 Å². The molecule has 0 aliphatic rings. The summed E-state index contributed by atoms with van der Waals surface area (Å²) in [6.07, 6.45) is 8.04. The summed E-state index contributed by atoms with van der Waals surface area (Å²) in [5, 5.41) is 91.5. The predicted octanol–water partition coefficient (Wildman–Crippen LogP) is 17.0. The quantitative estimate of drug-likeness (QED) is 0.00420. The van der Waals surface area contributed by atoms with E-state index < -0.39 is 82.5 Å². The van der Waals surface area contributed by atoms with E-state index in [-0.39, 0.29) is 122 Å². The summed E-state index contributed by atoms with van der Waals surface area (Å²) in [5.74, 6) is -7.33. The van der Waals surface area contributed by atoms with Crippen molar-refractivity contribution in [2.75, 3.05) is 99.9 Å². The fourth-order valence-corrected chi connectivity index (χ4v) is 27.7. The first-order chi connectivity index (χ1) is 68.4. The van der Waals surface area contributed by atoms with Crippen LogP contribution in [-0.2, 0) is 96.1 Å². The normalized spacial score (nSPS) is 11.1. The second-order valence-electron chi connectivity index (χ2n) is 35.4. The van der Waals surface area contributed by atoms with Crippen LogP contribution in [0.2, 0.25) is 63.5 Å². The number of unbranched alkanes of at least 4 members (excludes halogenated alkanes) is 2. The number of amides is 6. The number of nitrogens with one attached hydrogen (secondary N) is 8. The summed E-state index contributed by atoms with van der Waals surface area (Å²) in [5.41, 5.74) is 34.5. The maximum Gasteiger partial charge on any atom is 0.336 e. The summed E-state index contributed by atoms with van der Waals surface area (Å²) in [7, 11) is -0.274. The molecule has 0 saturated heterocycles. The lowest BCUT2D eigenvalue weighted by molar-refractivity contribution is -0.258. The van der Waals surface area contributed by atoms with E-state index in [2.05, 4.69) is 122 Å². The van der Waals surface area contributed by atoms with Gasteiger partial charge in [0.1, 0.15) is 49.4 Å². The Morgan fingerprint density at radius 3 is 1.12 bits per heavy atom. The van der Waals surface area contributed by atoms with Gasteiger partial charge in [0, 0.05) is 61.9 Å². The summed E-state index contributed by atoms with van der Waals surface area (Å²) in [6.45, 7) is 29.9. The van der Waals surface area contributed by atoms with Gasteiger partial charge in [-0.15, -0.1) is 0 Å². The van der Waals surface area contributed by atoms with Crippen LogP contribution in [0.5, 0.6) is 0 Å². The molecule has 0 saturated carbocycles. The monoisotopic (exact) mass is 2080 g/mol. The van der Waals surface area contributed by atoms with Crippen LogP contribution < -0.4 is 65.6 Å². The van der Waals surface area contributed by atoms with Crippen molar-refractivity contribution >= 4 is 129 Å². The zero-order valence-electron chi connectivity index (χ0n) is 85.2. The molecule has 0 bridgehead atoms. The number of hydroxylamine groups is 1. The van der Waals surface area contributed by atoms with Gasteiger partial charge in [0.15, 0.2) is 25.0 Å². The fourth-order valence-electron chi connectivity index (χ4n) is 13.7. The van der Waals surface area contributed by atoms with Gasteiger partial charge in [-0.3, -0.25) is 45.0 Å². The predicted molar refractivity (Wildman–Crippen MR) is 565 cm³/mol. The number of nitrogen functional groups attached to an aromatic ring is 2. The Kier molecular flexibility index (Phi) is 58.9. The molecule has 0 aliphatic heterocycles. The number of hydrogen-bond donors (Lipinski definition) is 20. The Morgan fingerprint density at radius 2 is 0.743 bits per heavy atom. The van der Waals surface area contributed by atoms with Gasteiger partial charge in [-0.2, -0.15) is 0 Å². The largest absolute Gasteiger partial charge is 0.478 e. The Balaban J connectivity index is 0.000000481. The third-order valence-electron chi connectivity index (χ3n) is 21.3. The number of esters is 2. The number of carboxylic acid groups (broad SMARTS) is 4. The Hall–Kier alpha value is -12.3. The van der Waals surface area contributed by atoms with Gasteiger partial charge in [-0.25, -0.2) is 53.8 Å². The molecule has 792 valence electrons. The molecular formula is C100H148N12O28Si4. The van der Waals surface area contributed by atoms with Crippen molar-refractivity contribution in [3.63, 3.8) is 0 Å². The number of anilines is 6. The highest BCUT2D eigenvalue weighted by Crippen LogP contribution is 2.33. The number of carbonyl (C=O) groups is 10. The summed E-state index contributed by atoms with van der Waals surface area (Å²) in [4.78, 5) is 141. The topological polar surface area (TPSA) is 625 Å². The maximum absolute atomic E-state index is 13.5. The third-order valence-corrected chi connectivity index (χ3v) is 35.1. The number of benzene rings is 8. The van der Waals surface area contributed by atoms with Gasteiger partial charge in [0.2, 0.25) is 0 Å². The van der Waals surface area contributed by atoms with E-state index in [1.165, 1.54) is 86.3 Å². The van der Waals surface area contributed by atoms with Crippen LogP contribution in [0.3, 0.4) is 0 Å². The Morgan fingerprint density at radius 1 is 0.382 bits per heavy atom. The molecule has 8 aromatic carbocycles. The van der Waals surface area contributed by atoms with Crippen LogP contribution in [0.15, 0.2) is 146 Å². The summed E-state index contributed by atoms with van der Waals surface area (Å²) in [6, 6.07) is 41.9. The maximum atomic E-state index is 13.5. The first kappa shape index (κ1) is 126. The lowest BCUT2D eigenvalue weighted by atomic mass is 9.95. The molecule has 0 heterocycles. The minimum absolute atomic E-state index is 0.0134. The molecule has 0 radical (unpaired) electrons. The van der Waals surface area contributed by atoms with Crippen LogP contribution in [0, 0.1) is 11.8 Å². The van der Waals surface area contributed by atoms with Crippen LogP contribution >= 0.6 is 0 Å². The van der Waals surface area contributed by atoms with E-state index in [0.717, 1.165) is 55.1 Å². The molecule has 0 aliphatic carbocycles. The van der Waals surface area contributed by atoms with Crippen LogP contribution in [0.4, 0.5) is 43.7 Å². The van der Waals surface area contributed by atoms with E-state index >= 15 is 0 Å². The summed E-state index contributed by atoms with van der Waals surface area (Å²) < 4.78 is 27.8. The minimum atomic E-state index is -1.55. The fraction of sp³-hybridized carbons (Fsp3) is 0.420. The average Bonchev–Trinajstić information content (AvgIpc) is 0.803. The van der Waals surface area contributed by atoms with Crippen molar-refractivity contribution < 1.29 is 136 Å². The second kappa shape index (κ2) is 67.4. The number of nitrogens with two attached hydrogens (primary N) is 4. The van der Waals surface area contributed by atoms with Crippen molar-refractivity contribution in [2.24, 2.45) is 23.3 Å². The molecule has 8 aromatic rings. The molecule has 0 fully saturated rings. The van der Waals surface area contributed by atoms with Gasteiger partial charge in [-0.1, -0.05) is 129 Å². The molecule has 144 heavy (non-hydrogen) atoms. The molecular weight excluding hydrogens is 1930 g/mol. The highest BCUT2D eigenvalue weighted by Gasteiger charge is 2.33. The van der Waals surface area contributed by atoms with Gasteiger partial charge in [-0.05, 0) is 254 Å². The average molecular weight is 2080 g/mol. The molecule has 0 atom stereocenters. The van der Waals surface area contributed by atoms with Gasteiger partial charge >= 0.3 is 47.9 Å². The number of aromatic carboxylic acids is 4. The molecule has 40 nitrogen and oxygen atoms in total. The number of methoxy groups -OCH3 is 1. The molecule has 44 heteroatoms. The van der Waals surface area contributed by atoms with Gasteiger partial charge in [0.25, 0.3) is 11.8 Å². The van der Waals surface area contributed by atoms with E-state index in [1.807, 2.05) is 18.2 Å². The first-order valence-electron chi connectivity index (χ1n) is 47.2. The Bertz CT molecular complexity index is 5370. The third kappa shape index (κ3) is 47.5. The number of hydrogen-bond acceptors (Lipinski definition) is 30. The number of carbonyl (C=O) groups excluding carboxylic acids is 6. The van der Waals surface area contributed by atoms with E-state index in [9.17, 15) is 63.3 Å². The molecule has 0 unspecified atom stereocenters. The standard InChI is InChI=1S/C31H37N5O9.C26H39NO7Si2.C16H14O8.C13H20N4O3.C10H28N2OSi2.C4H10/c1-18(2)30(40)43-10-9-34-31(41)36-25-14-23(32-3)13-24(15-25)35-28(37)27-12-20(7-8-26(27)29(38)39)19-5-6-21(17-45-42)22(11-19)16-44-33-4;1-5-6-14-36(3,4)34-35-13-7-12-27-25(28)24-16-20(10-11-23(24)26(29)30)19-8-9-21(18-33-31)22(15-19)17-32-2;17-15(18)13-4-3-10(6-14(13)16(19)20)9-1-2-11(7-23-21)12(5-9)8-24-22;1-8(2)12(18)20-4-3-16-13(19)17-11-6-9(14)5-10(15)7-11;1-14(2,9-5-7-11)13-15(3,4)10-6-8-12;1-3-4-2/h5-8,11-15,18,32-33,42H,9-10,16-17H2,1-4H3,(H,35,37)(H,38,39)(H2,34,36,41);8-11,15-16,31H,5-7,12-14,17-18,35H2,1-4H3,(H,27,28)(H,29,30);1-6,21-22H,7-8H2,(H,17,18)(H,19,20);5-8H,3-4,14-15H2,1-2H3,(H2,16,17,19);5-12H2,1-4H3;3-4H2,1-2H3. The minimum Gasteiger partial charge on any atom is -0.478 e. The zero-order chi connectivity index (χ0) is 108. The van der Waals surface area contributed by atoms with Crippen molar-refractivity contribution in [3.8, 4) is 33.4 Å². The molecule has 6 amide bonds. The second-order valence-corrected chi connectivity index (χ2v) is 50.5. The summed E-state index contributed by atoms with van der Waals surface area (Å²) >= 11 is 0. The lowest BCUT2D eigenvalue weighted by Gasteiger charge is -2.34. The van der Waals surface area contributed by atoms with Crippen molar-refractivity contribution in [2.45, 2.75) is 197 Å². The van der Waals surface area contributed by atoms with Crippen LogP contribution in [0.1, 0.15) is 189 Å². The van der Waals surface area contributed by atoms with Gasteiger partial charge < -0.3 is 103 Å². The number of carboxylic acids is 4. The van der Waals surface area contributed by atoms with E-state index in [0.29, 0.717) is 91.7 Å². The zero-order valence-corrected chi connectivity index (χ0v) is 89.7. The molecule has 8 rings (SSSR count).